The Labute approximate surface area is 128 Å². The minimum atomic E-state index is -0.00223. The minimum Gasteiger partial charge on any atom is -0.497 e. The van der Waals surface area contributed by atoms with Gasteiger partial charge in [-0.25, -0.2) is 4.52 Å². The summed E-state index contributed by atoms with van der Waals surface area (Å²) in [6.07, 6.45) is 5.68. The molecule has 3 aromatic rings. The second-order valence-electron chi connectivity index (χ2n) is 5.24. The number of benzene rings is 1. The molecular weight excluding hydrogens is 278 g/mol. The van der Waals surface area contributed by atoms with Gasteiger partial charge in [-0.2, -0.15) is 5.10 Å². The lowest BCUT2D eigenvalue weighted by atomic mass is 10.1. The zero-order valence-electron chi connectivity index (χ0n) is 12.8. The van der Waals surface area contributed by atoms with Crippen molar-refractivity contribution in [3.8, 4) is 17.0 Å². The molecule has 5 heteroatoms. The highest BCUT2D eigenvalue weighted by atomic mass is 16.5. The number of unbranched alkanes of at least 4 members (excludes halogenated alkanes) is 1. The third-order valence-corrected chi connectivity index (χ3v) is 3.72. The van der Waals surface area contributed by atoms with Gasteiger partial charge in [0.2, 0.25) is 0 Å². The van der Waals surface area contributed by atoms with Gasteiger partial charge in [-0.15, -0.1) is 0 Å². The Morgan fingerprint density at radius 3 is 2.86 bits per heavy atom. The number of ether oxygens (including phenoxy) is 1. The fourth-order valence-electron chi connectivity index (χ4n) is 2.45. The third-order valence-electron chi connectivity index (χ3n) is 3.72. The average Bonchev–Trinajstić information content (AvgIpc) is 2.99. The fraction of sp³-hybridized carbons (Fsp3) is 0.294. The van der Waals surface area contributed by atoms with Crippen molar-refractivity contribution in [2.24, 2.45) is 0 Å². The predicted molar refractivity (Wildman–Crippen MR) is 86.3 cm³/mol. The topological polar surface area (TPSA) is 48.5 Å². The molecule has 0 spiro atoms. The van der Waals surface area contributed by atoms with Crippen molar-refractivity contribution >= 4 is 5.52 Å². The van der Waals surface area contributed by atoms with Gasteiger partial charge in [0.15, 0.2) is 0 Å². The summed E-state index contributed by atoms with van der Waals surface area (Å²) in [7, 11) is 1.63. The van der Waals surface area contributed by atoms with Crippen molar-refractivity contribution in [2.75, 3.05) is 7.11 Å². The van der Waals surface area contributed by atoms with Gasteiger partial charge in [0.25, 0.3) is 5.56 Å². The van der Waals surface area contributed by atoms with Crippen LogP contribution in [0.15, 0.2) is 47.5 Å². The first kappa shape index (κ1) is 14.4. The van der Waals surface area contributed by atoms with E-state index in [4.69, 9.17) is 4.74 Å². The molecule has 0 radical (unpaired) electrons. The van der Waals surface area contributed by atoms with Crippen LogP contribution in [0.1, 0.15) is 19.8 Å². The van der Waals surface area contributed by atoms with E-state index in [9.17, 15) is 4.79 Å². The molecule has 0 bridgehead atoms. The first-order valence-corrected chi connectivity index (χ1v) is 7.46. The minimum absolute atomic E-state index is 0.00223. The van der Waals surface area contributed by atoms with Crippen LogP contribution in [0.25, 0.3) is 16.8 Å². The molecule has 2 heterocycles. The average molecular weight is 297 g/mol. The molecule has 0 N–H and O–H groups in total. The lowest BCUT2D eigenvalue weighted by Gasteiger charge is -2.03. The molecular formula is C17H19N3O2. The molecule has 2 aromatic heterocycles. The van der Waals surface area contributed by atoms with E-state index in [1.807, 2.05) is 36.5 Å². The molecule has 0 amide bonds. The largest absolute Gasteiger partial charge is 0.497 e. The summed E-state index contributed by atoms with van der Waals surface area (Å²) in [5.74, 6) is 0.773. The van der Waals surface area contributed by atoms with E-state index in [2.05, 4.69) is 12.0 Å². The number of fused-ring (bicyclic) bond motifs is 1. The SMILES string of the molecule is CCCCn1ccn2nc(-c3cccc(OC)c3)cc2c1=O. The number of rotatable bonds is 5. The van der Waals surface area contributed by atoms with Gasteiger partial charge < -0.3 is 9.30 Å². The summed E-state index contributed by atoms with van der Waals surface area (Å²) in [5, 5.41) is 4.49. The number of hydrogen-bond acceptors (Lipinski definition) is 3. The molecule has 0 saturated carbocycles. The lowest BCUT2D eigenvalue weighted by Crippen LogP contribution is -2.21. The maximum atomic E-state index is 12.5. The van der Waals surface area contributed by atoms with Crippen molar-refractivity contribution in [3.63, 3.8) is 0 Å². The fourth-order valence-corrected chi connectivity index (χ4v) is 2.45. The first-order chi connectivity index (χ1) is 10.7. The smallest absolute Gasteiger partial charge is 0.276 e. The third kappa shape index (κ3) is 2.62. The van der Waals surface area contributed by atoms with Crippen LogP contribution in [-0.2, 0) is 6.54 Å². The van der Waals surface area contributed by atoms with Gasteiger partial charge in [-0.05, 0) is 24.6 Å². The summed E-state index contributed by atoms with van der Waals surface area (Å²) in [6, 6.07) is 9.51. The summed E-state index contributed by atoms with van der Waals surface area (Å²) < 4.78 is 8.62. The van der Waals surface area contributed by atoms with Crippen molar-refractivity contribution in [3.05, 3.63) is 53.1 Å². The van der Waals surface area contributed by atoms with Crippen molar-refractivity contribution in [1.82, 2.24) is 14.2 Å². The molecule has 0 aliphatic heterocycles. The quantitative estimate of drug-likeness (QED) is 0.727. The Balaban J connectivity index is 2.05. The second kappa shape index (κ2) is 6.05. The van der Waals surface area contributed by atoms with Gasteiger partial charge in [-0.1, -0.05) is 25.5 Å². The number of methoxy groups -OCH3 is 1. The molecule has 0 aliphatic rings. The summed E-state index contributed by atoms with van der Waals surface area (Å²) in [4.78, 5) is 12.5. The van der Waals surface area contributed by atoms with E-state index in [1.54, 1.807) is 22.4 Å². The Morgan fingerprint density at radius 1 is 1.23 bits per heavy atom. The lowest BCUT2D eigenvalue weighted by molar-refractivity contribution is 0.415. The van der Waals surface area contributed by atoms with E-state index < -0.39 is 0 Å². The second-order valence-corrected chi connectivity index (χ2v) is 5.24. The Kier molecular flexibility index (Phi) is 3.96. The molecule has 22 heavy (non-hydrogen) atoms. The molecule has 0 aliphatic carbocycles. The Morgan fingerprint density at radius 2 is 2.09 bits per heavy atom. The number of aromatic nitrogens is 3. The van der Waals surface area contributed by atoms with Crippen LogP contribution < -0.4 is 10.3 Å². The number of aryl methyl sites for hydroxylation is 1. The van der Waals surface area contributed by atoms with Crippen LogP contribution >= 0.6 is 0 Å². The van der Waals surface area contributed by atoms with E-state index in [0.29, 0.717) is 5.52 Å². The van der Waals surface area contributed by atoms with Crippen LogP contribution in [0.2, 0.25) is 0 Å². The molecule has 0 atom stereocenters. The van der Waals surface area contributed by atoms with Crippen LogP contribution in [0.4, 0.5) is 0 Å². The van der Waals surface area contributed by atoms with E-state index in [-0.39, 0.29) is 5.56 Å². The van der Waals surface area contributed by atoms with E-state index in [1.165, 1.54) is 0 Å². The molecule has 0 unspecified atom stereocenters. The summed E-state index contributed by atoms with van der Waals surface area (Å²) in [5.41, 5.74) is 2.29. The van der Waals surface area contributed by atoms with Gasteiger partial charge in [-0.3, -0.25) is 4.79 Å². The normalized spacial score (nSPS) is 11.0. The summed E-state index contributed by atoms with van der Waals surface area (Å²) in [6.45, 7) is 2.86. The Bertz CT molecular complexity index is 848. The molecule has 114 valence electrons. The molecule has 3 rings (SSSR count). The highest BCUT2D eigenvalue weighted by Crippen LogP contribution is 2.23. The van der Waals surface area contributed by atoms with Crippen LogP contribution in [-0.4, -0.2) is 21.3 Å². The van der Waals surface area contributed by atoms with E-state index in [0.717, 1.165) is 36.4 Å². The van der Waals surface area contributed by atoms with Gasteiger partial charge in [0.05, 0.1) is 12.8 Å². The van der Waals surface area contributed by atoms with E-state index >= 15 is 0 Å². The number of nitrogens with zero attached hydrogens (tertiary/aromatic N) is 3. The molecule has 5 nitrogen and oxygen atoms in total. The molecule has 0 fully saturated rings. The van der Waals surface area contributed by atoms with Gasteiger partial charge in [0.1, 0.15) is 11.3 Å². The predicted octanol–water partition coefficient (Wildman–Crippen LogP) is 2.97. The monoisotopic (exact) mass is 297 g/mol. The first-order valence-electron chi connectivity index (χ1n) is 7.46. The van der Waals surface area contributed by atoms with Crippen LogP contribution in [0.5, 0.6) is 5.75 Å². The molecule has 0 saturated heterocycles. The van der Waals surface area contributed by atoms with Crippen LogP contribution in [0.3, 0.4) is 0 Å². The standard InChI is InChI=1S/C17H19N3O2/c1-3-4-8-19-9-10-20-16(17(19)21)12-15(18-20)13-6-5-7-14(11-13)22-2/h5-7,9-12H,3-4,8H2,1-2H3. The number of hydrogen-bond donors (Lipinski definition) is 0. The molecule has 1 aromatic carbocycles. The Hall–Kier alpha value is -2.56. The van der Waals surface area contributed by atoms with Crippen molar-refractivity contribution < 1.29 is 4.74 Å². The highest BCUT2D eigenvalue weighted by molar-refractivity contribution is 5.66. The zero-order valence-corrected chi connectivity index (χ0v) is 12.8. The van der Waals surface area contributed by atoms with Crippen LogP contribution in [0, 0.1) is 0 Å². The van der Waals surface area contributed by atoms with Gasteiger partial charge >= 0.3 is 0 Å². The highest BCUT2D eigenvalue weighted by Gasteiger charge is 2.09. The summed E-state index contributed by atoms with van der Waals surface area (Å²) >= 11 is 0. The van der Waals surface area contributed by atoms with Crippen molar-refractivity contribution in [2.45, 2.75) is 26.3 Å². The van der Waals surface area contributed by atoms with Gasteiger partial charge in [0, 0.05) is 24.5 Å². The maximum Gasteiger partial charge on any atom is 0.276 e. The zero-order chi connectivity index (χ0) is 15.5. The van der Waals surface area contributed by atoms with Crippen molar-refractivity contribution in [1.29, 1.82) is 0 Å². The maximum absolute atomic E-state index is 12.5.